The molecule has 0 fully saturated rings. The monoisotopic (exact) mass is 231 g/mol. The van der Waals surface area contributed by atoms with Crippen LogP contribution in [0, 0.1) is 5.82 Å². The lowest BCUT2D eigenvalue weighted by atomic mass is 10.1. The first-order chi connectivity index (χ1) is 7.19. The second kappa shape index (κ2) is 5.68. The molecule has 1 amide bonds. The van der Waals surface area contributed by atoms with Gasteiger partial charge in [0, 0.05) is 5.56 Å². The van der Waals surface area contributed by atoms with Gasteiger partial charge in [0.1, 0.15) is 11.7 Å². The highest BCUT2D eigenvalue weighted by atomic mass is 35.5. The van der Waals surface area contributed by atoms with Gasteiger partial charge >= 0.3 is 0 Å². The molecule has 0 aliphatic heterocycles. The summed E-state index contributed by atoms with van der Waals surface area (Å²) in [4.78, 5) is 11.0. The van der Waals surface area contributed by atoms with Gasteiger partial charge in [0.25, 0.3) is 0 Å². The van der Waals surface area contributed by atoms with Crippen LogP contribution in [0.1, 0.15) is 11.6 Å². The van der Waals surface area contributed by atoms with Gasteiger partial charge in [-0.25, -0.2) is 4.39 Å². The first-order valence-corrected chi connectivity index (χ1v) is 4.93. The van der Waals surface area contributed by atoms with Crippen LogP contribution >= 0.6 is 11.6 Å². The maximum Gasteiger partial charge on any atom is 0.235 e. The van der Waals surface area contributed by atoms with Crippen molar-refractivity contribution in [1.29, 1.82) is 0 Å². The van der Waals surface area contributed by atoms with Gasteiger partial charge in [0.2, 0.25) is 5.91 Å². The quantitative estimate of drug-likeness (QED) is 0.766. The summed E-state index contributed by atoms with van der Waals surface area (Å²) < 4.78 is 13.3. The van der Waals surface area contributed by atoms with E-state index in [-0.39, 0.29) is 18.1 Å². The minimum Gasteiger partial charge on any atom is -0.394 e. The number of hydrogen-bond acceptors (Lipinski definition) is 2. The summed E-state index contributed by atoms with van der Waals surface area (Å²) in [5, 5.41) is 11.4. The molecule has 0 spiro atoms. The highest BCUT2D eigenvalue weighted by Crippen LogP contribution is 2.16. The molecule has 5 heteroatoms. The molecule has 0 aromatic heterocycles. The number of benzene rings is 1. The van der Waals surface area contributed by atoms with Gasteiger partial charge in [0.05, 0.1) is 12.6 Å². The van der Waals surface area contributed by atoms with E-state index in [4.69, 9.17) is 16.7 Å². The minimum atomic E-state index is -0.752. The molecule has 0 radical (unpaired) electrons. The fourth-order valence-electron chi connectivity index (χ4n) is 1.21. The van der Waals surface area contributed by atoms with Crippen LogP contribution in [-0.4, -0.2) is 23.5 Å². The zero-order valence-electron chi connectivity index (χ0n) is 7.91. The first-order valence-electron chi connectivity index (χ1n) is 4.39. The molecule has 2 N–H and O–H groups in total. The topological polar surface area (TPSA) is 49.3 Å². The maximum absolute atomic E-state index is 13.3. The van der Waals surface area contributed by atoms with Crippen LogP contribution in [0.15, 0.2) is 24.3 Å². The lowest BCUT2D eigenvalue weighted by Gasteiger charge is -2.16. The molecule has 15 heavy (non-hydrogen) atoms. The first kappa shape index (κ1) is 11.9. The van der Waals surface area contributed by atoms with Gasteiger partial charge in [-0.15, -0.1) is 11.6 Å². The number of alkyl halides is 1. The Hall–Kier alpha value is -1.13. The number of aliphatic hydroxyl groups is 1. The zero-order valence-corrected chi connectivity index (χ0v) is 8.67. The molecule has 0 aliphatic carbocycles. The van der Waals surface area contributed by atoms with Crippen molar-refractivity contribution in [3.8, 4) is 0 Å². The van der Waals surface area contributed by atoms with Crippen molar-refractivity contribution in [2.45, 2.75) is 6.04 Å². The number of halogens is 2. The van der Waals surface area contributed by atoms with E-state index in [1.807, 2.05) is 0 Å². The number of rotatable bonds is 4. The Morgan fingerprint density at radius 2 is 2.20 bits per heavy atom. The normalized spacial score (nSPS) is 12.2. The number of nitrogens with one attached hydrogen (secondary N) is 1. The molecule has 0 bridgehead atoms. The molecule has 0 heterocycles. The molecular weight excluding hydrogens is 221 g/mol. The number of hydrogen-bond donors (Lipinski definition) is 2. The fraction of sp³-hybridized carbons (Fsp3) is 0.300. The summed E-state index contributed by atoms with van der Waals surface area (Å²) in [6, 6.07) is 5.19. The Labute approximate surface area is 91.9 Å². The third kappa shape index (κ3) is 3.18. The molecule has 1 rings (SSSR count). The number of amides is 1. The summed E-state index contributed by atoms with van der Waals surface area (Å²) in [6.45, 7) is -0.371. The van der Waals surface area contributed by atoms with Crippen LogP contribution in [0.5, 0.6) is 0 Å². The molecule has 1 aromatic rings. The maximum atomic E-state index is 13.3. The Morgan fingerprint density at radius 1 is 1.53 bits per heavy atom. The van der Waals surface area contributed by atoms with Crippen molar-refractivity contribution in [3.05, 3.63) is 35.6 Å². The summed E-state index contributed by atoms with van der Waals surface area (Å²) in [6.07, 6.45) is 0. The van der Waals surface area contributed by atoms with E-state index in [9.17, 15) is 9.18 Å². The van der Waals surface area contributed by atoms with E-state index in [0.717, 1.165) is 0 Å². The van der Waals surface area contributed by atoms with Crippen LogP contribution in [-0.2, 0) is 4.79 Å². The smallest absolute Gasteiger partial charge is 0.235 e. The standard InChI is InChI=1S/C10H11ClFNO2/c11-5-10(15)13-9(6-14)7-3-1-2-4-8(7)12/h1-4,9,14H,5-6H2,(H,13,15). The van der Waals surface area contributed by atoms with E-state index in [0.29, 0.717) is 0 Å². The van der Waals surface area contributed by atoms with E-state index in [1.54, 1.807) is 6.07 Å². The van der Waals surface area contributed by atoms with Gasteiger partial charge in [-0.2, -0.15) is 0 Å². The van der Waals surface area contributed by atoms with Crippen LogP contribution in [0.3, 0.4) is 0 Å². The Bertz CT molecular complexity index is 346. The van der Waals surface area contributed by atoms with Crippen molar-refractivity contribution in [2.75, 3.05) is 12.5 Å². The summed E-state index contributed by atoms with van der Waals surface area (Å²) in [7, 11) is 0. The van der Waals surface area contributed by atoms with E-state index in [2.05, 4.69) is 5.32 Å². The number of carbonyl (C=O) groups excluding carboxylic acids is 1. The fourth-order valence-corrected chi connectivity index (χ4v) is 1.29. The van der Waals surface area contributed by atoms with Gasteiger partial charge in [-0.1, -0.05) is 18.2 Å². The van der Waals surface area contributed by atoms with Crippen molar-refractivity contribution in [3.63, 3.8) is 0 Å². The predicted molar refractivity (Wildman–Crippen MR) is 55.1 cm³/mol. The Kier molecular flexibility index (Phi) is 4.52. The molecule has 1 unspecified atom stereocenters. The van der Waals surface area contributed by atoms with Crippen molar-refractivity contribution in [2.24, 2.45) is 0 Å². The molecular formula is C10H11ClFNO2. The molecule has 1 atom stereocenters. The van der Waals surface area contributed by atoms with Crippen LogP contribution in [0.2, 0.25) is 0 Å². The number of carbonyl (C=O) groups is 1. The Morgan fingerprint density at radius 3 is 2.73 bits per heavy atom. The lowest BCUT2D eigenvalue weighted by molar-refractivity contribution is -0.119. The third-order valence-corrected chi connectivity index (χ3v) is 2.16. The Balaban J connectivity index is 2.83. The molecule has 1 aromatic carbocycles. The summed E-state index contributed by atoms with van der Waals surface area (Å²) >= 11 is 5.29. The molecule has 82 valence electrons. The van der Waals surface area contributed by atoms with Crippen LogP contribution < -0.4 is 5.32 Å². The lowest BCUT2D eigenvalue weighted by Crippen LogP contribution is -2.32. The van der Waals surface area contributed by atoms with Crippen LogP contribution in [0.25, 0.3) is 0 Å². The second-order valence-corrected chi connectivity index (χ2v) is 3.23. The average molecular weight is 232 g/mol. The summed E-state index contributed by atoms with van der Waals surface area (Å²) in [5.41, 5.74) is 0.249. The molecule has 0 saturated carbocycles. The second-order valence-electron chi connectivity index (χ2n) is 2.96. The molecule has 0 saturated heterocycles. The van der Waals surface area contributed by atoms with Gasteiger partial charge < -0.3 is 10.4 Å². The SMILES string of the molecule is O=C(CCl)NC(CO)c1ccccc1F. The minimum absolute atomic E-state index is 0.217. The molecule has 0 aliphatic rings. The predicted octanol–water partition coefficient (Wildman–Crippen LogP) is 1.21. The van der Waals surface area contributed by atoms with Crippen molar-refractivity contribution < 1.29 is 14.3 Å². The van der Waals surface area contributed by atoms with Gasteiger partial charge in [0.15, 0.2) is 0 Å². The van der Waals surface area contributed by atoms with Crippen molar-refractivity contribution in [1.82, 2.24) is 5.32 Å². The largest absolute Gasteiger partial charge is 0.394 e. The molecule has 3 nitrogen and oxygen atoms in total. The van der Waals surface area contributed by atoms with Crippen LogP contribution in [0.4, 0.5) is 4.39 Å². The summed E-state index contributed by atoms with van der Waals surface area (Å²) in [5.74, 6) is -1.13. The average Bonchev–Trinajstić information content (AvgIpc) is 2.26. The zero-order chi connectivity index (χ0) is 11.3. The third-order valence-electron chi connectivity index (χ3n) is 1.92. The number of aliphatic hydroxyl groups excluding tert-OH is 1. The van der Waals surface area contributed by atoms with Crippen molar-refractivity contribution >= 4 is 17.5 Å². The highest BCUT2D eigenvalue weighted by Gasteiger charge is 2.16. The van der Waals surface area contributed by atoms with E-state index >= 15 is 0 Å². The van der Waals surface area contributed by atoms with Gasteiger partial charge in [-0.05, 0) is 6.07 Å². The van der Waals surface area contributed by atoms with Gasteiger partial charge in [-0.3, -0.25) is 4.79 Å². The van der Waals surface area contributed by atoms with E-state index < -0.39 is 17.8 Å². The highest BCUT2D eigenvalue weighted by molar-refractivity contribution is 6.27. The van der Waals surface area contributed by atoms with E-state index in [1.165, 1.54) is 18.2 Å².